The van der Waals surface area contributed by atoms with Crippen LogP contribution in [-0.2, 0) is 9.59 Å². The molecule has 5 heteroatoms. The second kappa shape index (κ2) is 6.05. The lowest BCUT2D eigenvalue weighted by Crippen LogP contribution is -2.37. The molecule has 0 bridgehead atoms. The quantitative estimate of drug-likeness (QED) is 0.913. The van der Waals surface area contributed by atoms with Crippen LogP contribution in [0.4, 0.5) is 11.4 Å². The molecular formula is C18H17ClN2O2. The highest BCUT2D eigenvalue weighted by Gasteiger charge is 2.33. The Hall–Kier alpha value is -2.33. The summed E-state index contributed by atoms with van der Waals surface area (Å²) in [6, 6.07) is 12.9. The highest BCUT2D eigenvalue weighted by atomic mass is 35.5. The number of benzene rings is 2. The van der Waals surface area contributed by atoms with Crippen molar-refractivity contribution >= 4 is 34.8 Å². The Morgan fingerprint density at radius 1 is 1.26 bits per heavy atom. The van der Waals surface area contributed by atoms with E-state index in [0.717, 1.165) is 16.8 Å². The van der Waals surface area contributed by atoms with Gasteiger partial charge in [-0.2, -0.15) is 0 Å². The number of carbonyl (C=O) groups excluding carboxylic acids is 2. The van der Waals surface area contributed by atoms with E-state index in [1.807, 2.05) is 43.3 Å². The number of hydrogen-bond acceptors (Lipinski definition) is 2. The zero-order valence-corrected chi connectivity index (χ0v) is 13.7. The van der Waals surface area contributed by atoms with Gasteiger partial charge >= 0.3 is 0 Å². The molecule has 0 saturated heterocycles. The molecule has 1 heterocycles. The SMILES string of the molecule is Cc1ccc(NC(=O)C2CC(=O)N(C)c3ccccc32)cc1Cl. The lowest BCUT2D eigenvalue weighted by Gasteiger charge is -2.30. The van der Waals surface area contributed by atoms with Crippen LogP contribution >= 0.6 is 11.6 Å². The first kappa shape index (κ1) is 15.6. The molecule has 0 aliphatic carbocycles. The number of amides is 2. The van der Waals surface area contributed by atoms with Crippen LogP contribution in [0.1, 0.15) is 23.5 Å². The number of anilines is 2. The number of halogens is 1. The second-order valence-corrected chi connectivity index (χ2v) is 6.13. The number of nitrogens with one attached hydrogen (secondary N) is 1. The van der Waals surface area contributed by atoms with E-state index in [0.29, 0.717) is 10.7 Å². The molecule has 23 heavy (non-hydrogen) atoms. The summed E-state index contributed by atoms with van der Waals surface area (Å²) in [4.78, 5) is 26.4. The van der Waals surface area contributed by atoms with Gasteiger partial charge in [0.25, 0.3) is 0 Å². The zero-order chi connectivity index (χ0) is 16.6. The summed E-state index contributed by atoms with van der Waals surface area (Å²) < 4.78 is 0. The molecule has 0 spiro atoms. The Balaban J connectivity index is 1.89. The summed E-state index contributed by atoms with van der Waals surface area (Å²) in [6.07, 6.45) is 0.166. The molecule has 0 saturated carbocycles. The van der Waals surface area contributed by atoms with Crippen molar-refractivity contribution in [3.63, 3.8) is 0 Å². The van der Waals surface area contributed by atoms with Gasteiger partial charge < -0.3 is 10.2 Å². The van der Waals surface area contributed by atoms with Crippen molar-refractivity contribution in [3.05, 3.63) is 58.6 Å². The largest absolute Gasteiger partial charge is 0.325 e. The van der Waals surface area contributed by atoms with Crippen molar-refractivity contribution in [2.75, 3.05) is 17.3 Å². The number of fused-ring (bicyclic) bond motifs is 1. The van der Waals surface area contributed by atoms with Crippen LogP contribution in [0, 0.1) is 6.92 Å². The van der Waals surface area contributed by atoms with Gasteiger partial charge in [-0.05, 0) is 36.2 Å². The molecule has 1 atom stereocenters. The van der Waals surface area contributed by atoms with Gasteiger partial charge in [0.05, 0.1) is 5.92 Å². The molecule has 0 fully saturated rings. The summed E-state index contributed by atoms with van der Waals surface area (Å²) in [5.74, 6) is -0.750. The second-order valence-electron chi connectivity index (χ2n) is 5.72. The molecule has 2 aromatic rings. The number of aryl methyl sites for hydroxylation is 1. The normalized spacial score (nSPS) is 16.9. The third kappa shape index (κ3) is 2.94. The predicted molar refractivity (Wildman–Crippen MR) is 92.0 cm³/mol. The molecule has 1 aliphatic heterocycles. The molecule has 2 aromatic carbocycles. The number of hydrogen-bond donors (Lipinski definition) is 1. The van der Waals surface area contributed by atoms with Crippen LogP contribution in [0.3, 0.4) is 0 Å². The van der Waals surface area contributed by atoms with Gasteiger partial charge in [0, 0.05) is 29.9 Å². The minimum absolute atomic E-state index is 0.0641. The van der Waals surface area contributed by atoms with E-state index < -0.39 is 5.92 Å². The molecule has 1 aliphatic rings. The van der Waals surface area contributed by atoms with E-state index in [2.05, 4.69) is 5.32 Å². The number of para-hydroxylation sites is 1. The van der Waals surface area contributed by atoms with E-state index in [1.165, 1.54) is 0 Å². The highest BCUT2D eigenvalue weighted by molar-refractivity contribution is 6.31. The van der Waals surface area contributed by atoms with E-state index in [4.69, 9.17) is 11.6 Å². The molecule has 1 N–H and O–H groups in total. The van der Waals surface area contributed by atoms with Gasteiger partial charge in [0.1, 0.15) is 0 Å². The van der Waals surface area contributed by atoms with Crippen LogP contribution in [0.25, 0.3) is 0 Å². The summed E-state index contributed by atoms with van der Waals surface area (Å²) in [7, 11) is 1.73. The Morgan fingerprint density at radius 2 is 2.00 bits per heavy atom. The van der Waals surface area contributed by atoms with Crippen molar-refractivity contribution in [3.8, 4) is 0 Å². The average molecular weight is 329 g/mol. The topological polar surface area (TPSA) is 49.4 Å². The van der Waals surface area contributed by atoms with Gasteiger partial charge in [-0.1, -0.05) is 35.9 Å². The molecule has 4 nitrogen and oxygen atoms in total. The van der Waals surface area contributed by atoms with Crippen LogP contribution in [0.2, 0.25) is 5.02 Å². The number of nitrogens with zero attached hydrogens (tertiary/aromatic N) is 1. The molecule has 0 radical (unpaired) electrons. The van der Waals surface area contributed by atoms with Crippen molar-refractivity contribution in [1.29, 1.82) is 0 Å². The van der Waals surface area contributed by atoms with Crippen molar-refractivity contribution in [1.82, 2.24) is 0 Å². The first-order valence-corrected chi connectivity index (χ1v) is 7.77. The van der Waals surface area contributed by atoms with E-state index in [9.17, 15) is 9.59 Å². The molecular weight excluding hydrogens is 312 g/mol. The van der Waals surface area contributed by atoms with Gasteiger partial charge in [0.15, 0.2) is 0 Å². The van der Waals surface area contributed by atoms with Crippen LogP contribution in [0.15, 0.2) is 42.5 Å². The van der Waals surface area contributed by atoms with Gasteiger partial charge in [0.2, 0.25) is 11.8 Å². The minimum atomic E-state index is -0.491. The van der Waals surface area contributed by atoms with Crippen LogP contribution in [0.5, 0.6) is 0 Å². The Morgan fingerprint density at radius 3 is 2.74 bits per heavy atom. The van der Waals surface area contributed by atoms with Crippen LogP contribution < -0.4 is 10.2 Å². The fourth-order valence-electron chi connectivity index (χ4n) is 2.78. The molecule has 3 rings (SSSR count). The standard InChI is InChI=1S/C18H17ClN2O2/c1-11-7-8-12(9-15(11)19)20-18(23)14-10-17(22)21(2)16-6-4-3-5-13(14)16/h3-9,14H,10H2,1-2H3,(H,20,23). The zero-order valence-electron chi connectivity index (χ0n) is 13.0. The van der Waals surface area contributed by atoms with Crippen molar-refractivity contribution in [2.45, 2.75) is 19.3 Å². The summed E-state index contributed by atoms with van der Waals surface area (Å²) in [5, 5.41) is 3.46. The first-order chi connectivity index (χ1) is 11.0. The minimum Gasteiger partial charge on any atom is -0.325 e. The Labute approximate surface area is 140 Å². The Bertz CT molecular complexity index is 788. The third-order valence-electron chi connectivity index (χ3n) is 4.18. The molecule has 0 aromatic heterocycles. The number of carbonyl (C=O) groups is 2. The lowest BCUT2D eigenvalue weighted by atomic mass is 9.89. The third-order valence-corrected chi connectivity index (χ3v) is 4.59. The fourth-order valence-corrected chi connectivity index (χ4v) is 2.96. The Kier molecular flexibility index (Phi) is 4.09. The predicted octanol–water partition coefficient (Wildman–Crippen LogP) is 3.74. The monoisotopic (exact) mass is 328 g/mol. The summed E-state index contributed by atoms with van der Waals surface area (Å²) in [5.41, 5.74) is 3.23. The van der Waals surface area contributed by atoms with Gasteiger partial charge in [-0.25, -0.2) is 0 Å². The maximum atomic E-state index is 12.7. The average Bonchev–Trinajstić information content (AvgIpc) is 2.54. The van der Waals surface area contributed by atoms with Crippen LogP contribution in [-0.4, -0.2) is 18.9 Å². The van der Waals surface area contributed by atoms with Gasteiger partial charge in [-0.3, -0.25) is 9.59 Å². The maximum absolute atomic E-state index is 12.7. The van der Waals surface area contributed by atoms with E-state index in [-0.39, 0.29) is 18.2 Å². The van der Waals surface area contributed by atoms with E-state index in [1.54, 1.807) is 18.0 Å². The van der Waals surface area contributed by atoms with E-state index >= 15 is 0 Å². The lowest BCUT2D eigenvalue weighted by molar-refractivity contribution is -0.124. The fraction of sp³-hybridized carbons (Fsp3) is 0.222. The smallest absolute Gasteiger partial charge is 0.232 e. The summed E-state index contributed by atoms with van der Waals surface area (Å²) in [6.45, 7) is 1.90. The van der Waals surface area contributed by atoms with Crippen molar-refractivity contribution < 1.29 is 9.59 Å². The maximum Gasteiger partial charge on any atom is 0.232 e. The molecule has 118 valence electrons. The number of rotatable bonds is 2. The first-order valence-electron chi connectivity index (χ1n) is 7.40. The van der Waals surface area contributed by atoms with Gasteiger partial charge in [-0.15, -0.1) is 0 Å². The molecule has 1 unspecified atom stereocenters. The highest BCUT2D eigenvalue weighted by Crippen LogP contribution is 2.35. The summed E-state index contributed by atoms with van der Waals surface area (Å²) >= 11 is 6.09. The van der Waals surface area contributed by atoms with Crippen molar-refractivity contribution in [2.24, 2.45) is 0 Å². The molecule has 2 amide bonds.